The van der Waals surface area contributed by atoms with Crippen LogP contribution in [0.5, 0.6) is 5.75 Å². The van der Waals surface area contributed by atoms with Crippen LogP contribution in [0.3, 0.4) is 0 Å². The van der Waals surface area contributed by atoms with Gasteiger partial charge in [0.2, 0.25) is 5.89 Å². The van der Waals surface area contributed by atoms with Crippen molar-refractivity contribution in [2.24, 2.45) is 0 Å². The van der Waals surface area contributed by atoms with Crippen molar-refractivity contribution in [1.82, 2.24) is 15.1 Å². The second-order valence-electron chi connectivity index (χ2n) is 4.58. The van der Waals surface area contributed by atoms with Crippen LogP contribution in [-0.4, -0.2) is 41.4 Å². The van der Waals surface area contributed by atoms with E-state index < -0.39 is 0 Å². The van der Waals surface area contributed by atoms with Gasteiger partial charge in [-0.2, -0.15) is 0 Å². The van der Waals surface area contributed by atoms with Crippen LogP contribution in [0.15, 0.2) is 34.7 Å². The summed E-state index contributed by atoms with van der Waals surface area (Å²) in [4.78, 5) is 2.23. The minimum Gasteiger partial charge on any atom is -0.484 e. The van der Waals surface area contributed by atoms with Crippen LogP contribution in [0, 0.1) is 0 Å². The van der Waals surface area contributed by atoms with Gasteiger partial charge in [-0.05, 0) is 12.1 Å². The Bertz CT molecular complexity index is 523. The zero-order chi connectivity index (χ0) is 13.6. The van der Waals surface area contributed by atoms with Gasteiger partial charge in [0.1, 0.15) is 5.75 Å². The van der Waals surface area contributed by atoms with E-state index in [1.54, 1.807) is 0 Å². The Morgan fingerprint density at radius 3 is 2.60 bits per heavy atom. The Labute approximate surface area is 117 Å². The fraction of sp³-hybridized carbons (Fsp3) is 0.429. The number of nitrogens with zero attached hydrogens (tertiary/aromatic N) is 3. The third-order valence-corrected chi connectivity index (χ3v) is 3.08. The van der Waals surface area contributed by atoms with Gasteiger partial charge in [-0.1, -0.05) is 18.2 Å². The van der Waals surface area contributed by atoms with E-state index in [4.69, 9.17) is 13.9 Å². The number of hydrogen-bond donors (Lipinski definition) is 0. The summed E-state index contributed by atoms with van der Waals surface area (Å²) in [7, 11) is 0. The molecule has 1 aliphatic rings. The van der Waals surface area contributed by atoms with Crippen LogP contribution in [0.4, 0.5) is 0 Å². The van der Waals surface area contributed by atoms with Crippen molar-refractivity contribution in [3.63, 3.8) is 0 Å². The van der Waals surface area contributed by atoms with E-state index in [9.17, 15) is 0 Å². The number of morpholine rings is 1. The highest BCUT2D eigenvalue weighted by Crippen LogP contribution is 2.12. The summed E-state index contributed by atoms with van der Waals surface area (Å²) in [6.07, 6.45) is 0. The Kier molecular flexibility index (Phi) is 4.25. The summed E-state index contributed by atoms with van der Waals surface area (Å²) < 4.78 is 16.4. The molecule has 1 fully saturated rings. The molecule has 0 N–H and O–H groups in total. The van der Waals surface area contributed by atoms with Crippen LogP contribution < -0.4 is 4.74 Å². The SMILES string of the molecule is c1ccc(OCc2nnc(CN3CCOCC3)o2)cc1. The normalized spacial score (nSPS) is 16.2. The van der Waals surface area contributed by atoms with Crippen LogP contribution in [0.25, 0.3) is 0 Å². The minimum absolute atomic E-state index is 0.292. The molecule has 0 saturated carbocycles. The predicted molar refractivity (Wildman–Crippen MR) is 71.2 cm³/mol. The standard InChI is InChI=1S/C14H17N3O3/c1-2-4-12(5-3-1)19-11-14-16-15-13(20-14)10-17-6-8-18-9-7-17/h1-5H,6-11H2. The topological polar surface area (TPSA) is 60.6 Å². The van der Waals surface area contributed by atoms with E-state index in [2.05, 4.69) is 15.1 Å². The lowest BCUT2D eigenvalue weighted by atomic mass is 10.3. The average Bonchev–Trinajstić information content (AvgIpc) is 2.95. The van der Waals surface area contributed by atoms with Gasteiger partial charge in [0.15, 0.2) is 6.61 Å². The fourth-order valence-corrected chi connectivity index (χ4v) is 2.02. The summed E-state index contributed by atoms with van der Waals surface area (Å²) in [6, 6.07) is 9.58. The molecule has 1 aromatic carbocycles. The second-order valence-corrected chi connectivity index (χ2v) is 4.58. The Balaban J connectivity index is 1.51. The molecule has 0 spiro atoms. The molecule has 0 amide bonds. The van der Waals surface area contributed by atoms with Crippen molar-refractivity contribution < 1.29 is 13.9 Å². The fourth-order valence-electron chi connectivity index (χ4n) is 2.02. The summed E-state index contributed by atoms with van der Waals surface area (Å²) in [5, 5.41) is 8.04. The maximum Gasteiger partial charge on any atom is 0.253 e. The lowest BCUT2D eigenvalue weighted by Crippen LogP contribution is -2.35. The second kappa shape index (κ2) is 6.49. The largest absolute Gasteiger partial charge is 0.484 e. The monoisotopic (exact) mass is 275 g/mol. The van der Waals surface area contributed by atoms with Crippen molar-refractivity contribution in [2.45, 2.75) is 13.2 Å². The van der Waals surface area contributed by atoms with Gasteiger partial charge >= 0.3 is 0 Å². The zero-order valence-corrected chi connectivity index (χ0v) is 11.2. The first kappa shape index (κ1) is 13.1. The van der Waals surface area contributed by atoms with Crippen molar-refractivity contribution in [3.05, 3.63) is 42.1 Å². The highest BCUT2D eigenvalue weighted by atomic mass is 16.5. The molecule has 0 aliphatic carbocycles. The molecule has 1 saturated heterocycles. The lowest BCUT2D eigenvalue weighted by Gasteiger charge is -2.24. The number of ether oxygens (including phenoxy) is 2. The maximum absolute atomic E-state index is 5.58. The third kappa shape index (κ3) is 3.55. The molecule has 0 radical (unpaired) electrons. The first-order valence-corrected chi connectivity index (χ1v) is 6.69. The van der Waals surface area contributed by atoms with Crippen molar-refractivity contribution >= 4 is 0 Å². The minimum atomic E-state index is 0.292. The van der Waals surface area contributed by atoms with E-state index in [1.807, 2.05) is 30.3 Å². The van der Waals surface area contributed by atoms with Crippen molar-refractivity contribution in [3.8, 4) is 5.75 Å². The quantitative estimate of drug-likeness (QED) is 0.823. The summed E-state index contributed by atoms with van der Waals surface area (Å²) >= 11 is 0. The van der Waals surface area contributed by atoms with E-state index in [0.29, 0.717) is 24.9 Å². The van der Waals surface area contributed by atoms with Gasteiger partial charge in [0.25, 0.3) is 5.89 Å². The molecular formula is C14H17N3O3. The molecule has 2 heterocycles. The van der Waals surface area contributed by atoms with Gasteiger partial charge in [-0.25, -0.2) is 0 Å². The molecule has 0 unspecified atom stereocenters. The first-order valence-electron chi connectivity index (χ1n) is 6.69. The lowest BCUT2D eigenvalue weighted by molar-refractivity contribution is 0.0302. The smallest absolute Gasteiger partial charge is 0.253 e. The van der Waals surface area contributed by atoms with E-state index in [1.165, 1.54) is 0 Å². The Morgan fingerprint density at radius 1 is 1.05 bits per heavy atom. The highest BCUT2D eigenvalue weighted by molar-refractivity contribution is 5.20. The van der Waals surface area contributed by atoms with Gasteiger partial charge in [0, 0.05) is 13.1 Å². The van der Waals surface area contributed by atoms with Crippen molar-refractivity contribution in [2.75, 3.05) is 26.3 Å². The summed E-state index contributed by atoms with van der Waals surface area (Å²) in [5.41, 5.74) is 0. The molecule has 6 nitrogen and oxygen atoms in total. The number of para-hydroxylation sites is 1. The summed E-state index contributed by atoms with van der Waals surface area (Å²) in [6.45, 7) is 4.29. The van der Waals surface area contributed by atoms with Crippen molar-refractivity contribution in [1.29, 1.82) is 0 Å². The Morgan fingerprint density at radius 2 is 1.80 bits per heavy atom. The molecule has 20 heavy (non-hydrogen) atoms. The molecule has 0 atom stereocenters. The van der Waals surface area contributed by atoms with E-state index in [0.717, 1.165) is 32.1 Å². The molecule has 0 bridgehead atoms. The first-order chi connectivity index (χ1) is 9.90. The molecule has 6 heteroatoms. The number of benzene rings is 1. The Hall–Kier alpha value is -1.92. The van der Waals surface area contributed by atoms with Gasteiger partial charge in [-0.15, -0.1) is 10.2 Å². The van der Waals surface area contributed by atoms with E-state index >= 15 is 0 Å². The third-order valence-electron chi connectivity index (χ3n) is 3.08. The van der Waals surface area contributed by atoms with Crippen LogP contribution in [0.1, 0.15) is 11.8 Å². The van der Waals surface area contributed by atoms with Gasteiger partial charge < -0.3 is 13.9 Å². The molecule has 3 rings (SSSR count). The zero-order valence-electron chi connectivity index (χ0n) is 11.2. The molecule has 2 aromatic rings. The van der Waals surface area contributed by atoms with Crippen LogP contribution in [0.2, 0.25) is 0 Å². The maximum atomic E-state index is 5.58. The van der Waals surface area contributed by atoms with E-state index in [-0.39, 0.29) is 0 Å². The number of aromatic nitrogens is 2. The average molecular weight is 275 g/mol. The summed E-state index contributed by atoms with van der Waals surface area (Å²) in [5.74, 6) is 1.91. The highest BCUT2D eigenvalue weighted by Gasteiger charge is 2.14. The number of hydrogen-bond acceptors (Lipinski definition) is 6. The molecular weight excluding hydrogens is 258 g/mol. The molecule has 1 aliphatic heterocycles. The van der Waals surface area contributed by atoms with Crippen LogP contribution in [-0.2, 0) is 17.9 Å². The molecule has 106 valence electrons. The molecule has 1 aromatic heterocycles. The number of rotatable bonds is 5. The van der Waals surface area contributed by atoms with Crippen LogP contribution >= 0.6 is 0 Å². The predicted octanol–water partition coefficient (Wildman–Crippen LogP) is 1.48. The van der Waals surface area contributed by atoms with Gasteiger partial charge in [-0.3, -0.25) is 4.90 Å². The van der Waals surface area contributed by atoms with Gasteiger partial charge in [0.05, 0.1) is 19.8 Å².